The third-order valence-corrected chi connectivity index (χ3v) is 3.33. The maximum Gasteiger partial charge on any atom is 0.146 e. The van der Waals surface area contributed by atoms with Gasteiger partial charge in [-0.2, -0.15) is 0 Å². The summed E-state index contributed by atoms with van der Waals surface area (Å²) in [4.78, 5) is 4.20. The van der Waals surface area contributed by atoms with E-state index in [0.717, 1.165) is 17.7 Å². The Kier molecular flexibility index (Phi) is 5.78. The summed E-state index contributed by atoms with van der Waals surface area (Å²) in [6.07, 6.45) is 8.66. The number of aromatic nitrogens is 1. The molecule has 1 aromatic heterocycles. The lowest BCUT2D eigenvalue weighted by Gasteiger charge is -2.06. The van der Waals surface area contributed by atoms with E-state index in [9.17, 15) is 0 Å². The van der Waals surface area contributed by atoms with Gasteiger partial charge in [-0.3, -0.25) is 4.98 Å². The van der Waals surface area contributed by atoms with Gasteiger partial charge in [0.05, 0.1) is 6.20 Å². The fourth-order valence-electron chi connectivity index (χ4n) is 1.75. The molecule has 4 heteroatoms. The topological polar surface area (TPSA) is 34.2 Å². The van der Waals surface area contributed by atoms with Crippen LogP contribution < -0.4 is 10.1 Å². The molecule has 110 valence electrons. The molecule has 2 rings (SSSR count). The van der Waals surface area contributed by atoms with Crippen LogP contribution in [0, 0.1) is 0 Å². The van der Waals surface area contributed by atoms with Crippen LogP contribution >= 0.6 is 11.6 Å². The lowest BCUT2D eigenvalue weighted by Crippen LogP contribution is -2.19. The highest BCUT2D eigenvalue weighted by molar-refractivity contribution is 6.30. The first-order valence-corrected chi connectivity index (χ1v) is 7.27. The number of nitrogens with zero attached hydrogens (tertiary/aromatic N) is 1. The van der Waals surface area contributed by atoms with Crippen LogP contribution in [-0.2, 0) is 0 Å². The van der Waals surface area contributed by atoms with E-state index in [0.29, 0.717) is 16.8 Å². The Bertz CT molecular complexity index is 596. The Morgan fingerprint density at radius 1 is 1.24 bits per heavy atom. The minimum Gasteiger partial charge on any atom is -0.456 e. The first-order chi connectivity index (χ1) is 10.2. The van der Waals surface area contributed by atoms with Crippen LogP contribution in [0.2, 0.25) is 5.02 Å². The third kappa shape index (κ3) is 5.21. The van der Waals surface area contributed by atoms with Crippen molar-refractivity contribution in [2.75, 3.05) is 7.05 Å². The maximum atomic E-state index is 5.85. The highest BCUT2D eigenvalue weighted by Crippen LogP contribution is 2.23. The molecule has 0 unspecified atom stereocenters. The molecule has 0 amide bonds. The number of rotatable bonds is 6. The van der Waals surface area contributed by atoms with Gasteiger partial charge >= 0.3 is 0 Å². The Morgan fingerprint density at radius 2 is 2.00 bits per heavy atom. The quantitative estimate of drug-likeness (QED) is 0.850. The lowest BCUT2D eigenvalue weighted by atomic mass is 10.2. The number of pyridine rings is 1. The van der Waals surface area contributed by atoms with Gasteiger partial charge in [0, 0.05) is 17.3 Å². The van der Waals surface area contributed by atoms with E-state index in [-0.39, 0.29) is 0 Å². The van der Waals surface area contributed by atoms with Gasteiger partial charge in [0.1, 0.15) is 11.5 Å². The molecule has 2 aromatic rings. The summed E-state index contributed by atoms with van der Waals surface area (Å²) in [5.41, 5.74) is 1.02. The normalized spacial score (nSPS) is 12.5. The van der Waals surface area contributed by atoms with E-state index in [2.05, 4.69) is 29.4 Å². The van der Waals surface area contributed by atoms with Crippen molar-refractivity contribution >= 4 is 17.7 Å². The average molecular weight is 303 g/mol. The zero-order valence-corrected chi connectivity index (χ0v) is 13.0. The highest BCUT2D eigenvalue weighted by Gasteiger charge is 1.99. The van der Waals surface area contributed by atoms with E-state index in [1.807, 2.05) is 31.4 Å². The molecule has 1 heterocycles. The Hall–Kier alpha value is -1.84. The van der Waals surface area contributed by atoms with E-state index in [1.165, 1.54) is 0 Å². The van der Waals surface area contributed by atoms with Gasteiger partial charge in [-0.1, -0.05) is 23.8 Å². The van der Waals surface area contributed by atoms with Crippen molar-refractivity contribution in [2.45, 2.75) is 19.4 Å². The maximum absolute atomic E-state index is 5.85. The number of ether oxygens (including phenoxy) is 1. The molecule has 21 heavy (non-hydrogen) atoms. The Labute approximate surface area is 130 Å². The molecule has 0 radical (unpaired) electrons. The summed E-state index contributed by atoms with van der Waals surface area (Å²) in [5, 5.41) is 3.89. The molecule has 3 nitrogen and oxygen atoms in total. The van der Waals surface area contributed by atoms with Gasteiger partial charge < -0.3 is 10.1 Å². The second-order valence-electron chi connectivity index (χ2n) is 4.84. The van der Waals surface area contributed by atoms with Gasteiger partial charge in [-0.25, -0.2) is 0 Å². The van der Waals surface area contributed by atoms with Crippen LogP contribution in [-0.4, -0.2) is 18.1 Å². The van der Waals surface area contributed by atoms with Crippen molar-refractivity contribution in [3.05, 3.63) is 59.4 Å². The second kappa shape index (κ2) is 7.81. The zero-order valence-electron chi connectivity index (χ0n) is 12.2. The van der Waals surface area contributed by atoms with Gasteiger partial charge in [0.2, 0.25) is 0 Å². The summed E-state index contributed by atoms with van der Waals surface area (Å²) in [6, 6.07) is 9.68. The molecule has 0 saturated carbocycles. The Balaban J connectivity index is 2.02. The summed E-state index contributed by atoms with van der Waals surface area (Å²) in [6.45, 7) is 2.14. The van der Waals surface area contributed by atoms with Crippen LogP contribution in [0.25, 0.3) is 6.08 Å². The number of nitrogens with one attached hydrogen (secondary N) is 1. The van der Waals surface area contributed by atoms with Gasteiger partial charge in [0.15, 0.2) is 0 Å². The molecule has 0 fully saturated rings. The molecule has 1 aromatic carbocycles. The monoisotopic (exact) mass is 302 g/mol. The van der Waals surface area contributed by atoms with Crippen molar-refractivity contribution < 1.29 is 4.74 Å². The molecular weight excluding hydrogens is 284 g/mol. The molecule has 0 aliphatic rings. The Morgan fingerprint density at radius 3 is 2.71 bits per heavy atom. The van der Waals surface area contributed by atoms with E-state index >= 15 is 0 Å². The number of benzene rings is 1. The minimum atomic E-state index is 0.461. The largest absolute Gasteiger partial charge is 0.456 e. The fraction of sp³-hybridized carbons (Fsp3) is 0.235. The predicted molar refractivity (Wildman–Crippen MR) is 87.9 cm³/mol. The molecular formula is C17H19ClN2O. The molecule has 0 spiro atoms. The minimum absolute atomic E-state index is 0.461. The van der Waals surface area contributed by atoms with Crippen LogP contribution in [0.1, 0.15) is 18.9 Å². The van der Waals surface area contributed by atoms with Gasteiger partial charge in [0.25, 0.3) is 0 Å². The van der Waals surface area contributed by atoms with Crippen molar-refractivity contribution in [1.82, 2.24) is 10.3 Å². The van der Waals surface area contributed by atoms with Crippen LogP contribution in [0.5, 0.6) is 11.5 Å². The van der Waals surface area contributed by atoms with E-state index in [4.69, 9.17) is 16.3 Å². The van der Waals surface area contributed by atoms with Gasteiger partial charge in [-0.15, -0.1) is 0 Å². The molecule has 0 aliphatic carbocycles. The van der Waals surface area contributed by atoms with E-state index in [1.54, 1.807) is 18.3 Å². The van der Waals surface area contributed by atoms with Crippen molar-refractivity contribution in [2.24, 2.45) is 0 Å². The summed E-state index contributed by atoms with van der Waals surface area (Å²) in [7, 11) is 1.96. The van der Waals surface area contributed by atoms with Crippen molar-refractivity contribution in [3.63, 3.8) is 0 Å². The lowest BCUT2D eigenvalue weighted by molar-refractivity contribution is 0.480. The number of halogens is 1. The fourth-order valence-corrected chi connectivity index (χ4v) is 1.87. The standard InChI is InChI=1S/C17H19ClN2O/c1-13(19-2)4-3-5-14-10-17(12-20-11-14)21-16-8-6-15(18)7-9-16/h3,5-13,19H,4H2,1-2H3/t13-/m1/s1. The van der Waals surface area contributed by atoms with Crippen LogP contribution in [0.3, 0.4) is 0 Å². The summed E-state index contributed by atoms with van der Waals surface area (Å²) in [5.74, 6) is 1.45. The smallest absolute Gasteiger partial charge is 0.146 e. The van der Waals surface area contributed by atoms with Gasteiger partial charge in [-0.05, 0) is 56.3 Å². The molecule has 1 N–H and O–H groups in total. The predicted octanol–water partition coefficient (Wildman–Crippen LogP) is 4.54. The average Bonchev–Trinajstić information content (AvgIpc) is 2.50. The summed E-state index contributed by atoms with van der Waals surface area (Å²) >= 11 is 5.85. The van der Waals surface area contributed by atoms with E-state index < -0.39 is 0 Å². The number of hydrogen-bond donors (Lipinski definition) is 1. The first-order valence-electron chi connectivity index (χ1n) is 6.89. The highest BCUT2D eigenvalue weighted by atomic mass is 35.5. The van der Waals surface area contributed by atoms with Crippen LogP contribution in [0.4, 0.5) is 0 Å². The second-order valence-corrected chi connectivity index (χ2v) is 5.27. The molecule has 1 atom stereocenters. The molecule has 0 saturated heterocycles. The first kappa shape index (κ1) is 15.5. The van der Waals surface area contributed by atoms with Crippen molar-refractivity contribution in [1.29, 1.82) is 0 Å². The third-order valence-electron chi connectivity index (χ3n) is 3.08. The van der Waals surface area contributed by atoms with Crippen LogP contribution in [0.15, 0.2) is 48.8 Å². The molecule has 0 aliphatic heterocycles. The SMILES string of the molecule is CN[C@H](C)CC=Cc1cncc(Oc2ccc(Cl)cc2)c1. The summed E-state index contributed by atoms with van der Waals surface area (Å²) < 4.78 is 5.76. The number of hydrogen-bond acceptors (Lipinski definition) is 3. The van der Waals surface area contributed by atoms with Crippen molar-refractivity contribution in [3.8, 4) is 11.5 Å². The molecule has 0 bridgehead atoms. The zero-order chi connectivity index (χ0) is 15.1.